The SMILES string of the molecule is FC(F)(F)C(F)(F)C(F)(F)SC1=CC(Br)(c2ccccc2Br)CC(Br)=C1. The molecule has 1 aliphatic carbocycles. The molecule has 0 saturated heterocycles. The van der Waals surface area contributed by atoms with Gasteiger partial charge in [0.15, 0.2) is 0 Å². The normalized spacial score (nSPS) is 22.1. The number of thioether (sulfide) groups is 1. The van der Waals surface area contributed by atoms with Crippen molar-refractivity contribution in [1.29, 1.82) is 0 Å². The minimum atomic E-state index is -6.37. The summed E-state index contributed by atoms with van der Waals surface area (Å²) in [6.45, 7) is 0. The smallest absolute Gasteiger partial charge is 0.188 e. The first-order valence-electron chi connectivity index (χ1n) is 6.74. The molecular weight excluding hydrogens is 585 g/mol. The first-order chi connectivity index (χ1) is 11.7. The first-order valence-corrected chi connectivity index (χ1v) is 9.93. The highest BCUT2D eigenvalue weighted by molar-refractivity contribution is 9.12. The molecule has 0 aliphatic heterocycles. The van der Waals surface area contributed by atoms with E-state index in [1.165, 1.54) is 6.08 Å². The maximum Gasteiger partial charge on any atom is 0.460 e. The third-order valence-corrected chi connectivity index (χ3v) is 6.51. The van der Waals surface area contributed by atoms with E-state index in [1.54, 1.807) is 24.3 Å². The highest BCUT2D eigenvalue weighted by Gasteiger charge is 2.73. The standard InChI is InChI=1S/C15H8Br3F7S/c16-8-5-9(26-15(24,25)13(19,20)14(21,22)23)7-12(18,6-8)10-3-1-2-4-11(10)17/h1-5,7H,6H2. The fourth-order valence-electron chi connectivity index (χ4n) is 2.18. The fraction of sp³-hybridized carbons (Fsp3) is 0.333. The summed E-state index contributed by atoms with van der Waals surface area (Å²) in [5.41, 5.74) is 0.606. The molecular formula is C15H8Br3F7S. The molecule has 0 radical (unpaired) electrons. The number of alkyl halides is 8. The van der Waals surface area contributed by atoms with E-state index in [-0.39, 0.29) is 6.42 Å². The summed E-state index contributed by atoms with van der Waals surface area (Å²) in [5.74, 6) is -6.18. The van der Waals surface area contributed by atoms with Crippen LogP contribution in [0.2, 0.25) is 0 Å². The van der Waals surface area contributed by atoms with Crippen LogP contribution in [0.1, 0.15) is 12.0 Å². The van der Waals surface area contributed by atoms with E-state index in [1.807, 2.05) is 0 Å². The van der Waals surface area contributed by atoms with E-state index in [0.29, 0.717) is 14.5 Å². The lowest BCUT2D eigenvalue weighted by molar-refractivity contribution is -0.330. The summed E-state index contributed by atoms with van der Waals surface area (Å²) in [5, 5.41) is -5.37. The molecule has 1 aromatic carbocycles. The van der Waals surface area contributed by atoms with Crippen LogP contribution < -0.4 is 0 Å². The van der Waals surface area contributed by atoms with Gasteiger partial charge in [0.05, 0.1) is 4.32 Å². The second-order valence-corrected chi connectivity index (χ2v) is 9.82. The molecule has 0 N–H and O–H groups in total. The molecule has 0 spiro atoms. The monoisotopic (exact) mass is 590 g/mol. The topological polar surface area (TPSA) is 0 Å². The van der Waals surface area contributed by atoms with Crippen LogP contribution in [0.5, 0.6) is 0 Å². The molecule has 0 saturated carbocycles. The van der Waals surface area contributed by atoms with Crippen molar-refractivity contribution < 1.29 is 30.7 Å². The Morgan fingerprint density at radius 3 is 2.08 bits per heavy atom. The Hall–Kier alpha value is -0.000000000000000111. The van der Waals surface area contributed by atoms with Crippen molar-refractivity contribution in [3.63, 3.8) is 0 Å². The Labute approximate surface area is 173 Å². The number of hydrogen-bond acceptors (Lipinski definition) is 1. The van der Waals surface area contributed by atoms with Crippen molar-refractivity contribution in [2.45, 2.75) is 28.1 Å². The van der Waals surface area contributed by atoms with Gasteiger partial charge in [-0.2, -0.15) is 30.7 Å². The Balaban J connectivity index is 2.43. The van der Waals surface area contributed by atoms with Gasteiger partial charge in [0.25, 0.3) is 0 Å². The summed E-state index contributed by atoms with van der Waals surface area (Å²) in [6, 6.07) is 6.76. The molecule has 0 amide bonds. The van der Waals surface area contributed by atoms with Crippen LogP contribution in [0.4, 0.5) is 30.7 Å². The number of halogens is 10. The molecule has 2 rings (SSSR count). The van der Waals surface area contributed by atoms with Crippen molar-refractivity contribution in [2.75, 3.05) is 0 Å². The maximum atomic E-state index is 13.7. The van der Waals surface area contributed by atoms with Gasteiger partial charge in [0.2, 0.25) is 0 Å². The minimum Gasteiger partial charge on any atom is -0.188 e. The van der Waals surface area contributed by atoms with Crippen LogP contribution >= 0.6 is 59.6 Å². The van der Waals surface area contributed by atoms with Gasteiger partial charge >= 0.3 is 17.4 Å². The molecule has 26 heavy (non-hydrogen) atoms. The minimum absolute atomic E-state index is 0.251. The van der Waals surface area contributed by atoms with Gasteiger partial charge in [-0.15, -0.1) is 0 Å². The van der Waals surface area contributed by atoms with E-state index in [9.17, 15) is 30.7 Å². The summed E-state index contributed by atoms with van der Waals surface area (Å²) in [4.78, 5) is -0.426. The zero-order chi connectivity index (χ0) is 20.0. The van der Waals surface area contributed by atoms with Gasteiger partial charge < -0.3 is 0 Å². The fourth-order valence-corrected chi connectivity index (χ4v) is 6.35. The lowest BCUT2D eigenvalue weighted by Crippen LogP contribution is -2.50. The quantitative estimate of drug-likeness (QED) is 0.251. The van der Waals surface area contributed by atoms with E-state index in [2.05, 4.69) is 47.8 Å². The molecule has 0 nitrogen and oxygen atoms in total. The average molecular weight is 593 g/mol. The van der Waals surface area contributed by atoms with Crippen molar-refractivity contribution in [1.82, 2.24) is 0 Å². The summed E-state index contributed by atoms with van der Waals surface area (Å²) in [7, 11) is 0. The van der Waals surface area contributed by atoms with E-state index in [0.717, 1.165) is 6.08 Å². The molecule has 11 heteroatoms. The van der Waals surface area contributed by atoms with Crippen LogP contribution in [-0.4, -0.2) is 17.4 Å². The molecule has 1 unspecified atom stereocenters. The summed E-state index contributed by atoms with van der Waals surface area (Å²) in [6.07, 6.45) is -3.82. The third kappa shape index (κ3) is 4.35. The van der Waals surface area contributed by atoms with Crippen LogP contribution in [-0.2, 0) is 4.32 Å². The lowest BCUT2D eigenvalue weighted by Gasteiger charge is -2.32. The van der Waals surface area contributed by atoms with E-state index in [4.69, 9.17) is 0 Å². The lowest BCUT2D eigenvalue weighted by atomic mass is 9.92. The van der Waals surface area contributed by atoms with Gasteiger partial charge in [-0.1, -0.05) is 66.0 Å². The van der Waals surface area contributed by atoms with Gasteiger partial charge in [-0.25, -0.2) is 0 Å². The second kappa shape index (κ2) is 7.44. The summed E-state index contributed by atoms with van der Waals surface area (Å²) >= 11 is 9.00. The molecule has 0 fully saturated rings. The van der Waals surface area contributed by atoms with Crippen LogP contribution in [0, 0.1) is 0 Å². The Kier molecular flexibility index (Phi) is 6.38. The highest BCUT2D eigenvalue weighted by atomic mass is 79.9. The molecule has 144 valence electrons. The largest absolute Gasteiger partial charge is 0.460 e. The first kappa shape index (κ1) is 22.3. The zero-order valence-electron chi connectivity index (χ0n) is 12.4. The predicted molar refractivity (Wildman–Crippen MR) is 98.0 cm³/mol. The van der Waals surface area contributed by atoms with Gasteiger partial charge in [0.1, 0.15) is 0 Å². The van der Waals surface area contributed by atoms with Crippen molar-refractivity contribution in [3.8, 4) is 0 Å². The maximum absolute atomic E-state index is 13.7. The molecule has 1 atom stereocenters. The molecule has 1 aliphatic rings. The highest BCUT2D eigenvalue weighted by Crippen LogP contribution is 2.56. The molecule has 0 bridgehead atoms. The number of allylic oxidation sites excluding steroid dienone is 3. The van der Waals surface area contributed by atoms with Crippen molar-refractivity contribution >= 4 is 59.6 Å². The molecule has 0 aromatic heterocycles. The van der Waals surface area contributed by atoms with Gasteiger partial charge in [-0.05, 0) is 40.0 Å². The zero-order valence-corrected chi connectivity index (χ0v) is 17.9. The Bertz CT molecular complexity index is 758. The molecule has 1 aromatic rings. The molecule has 0 heterocycles. The van der Waals surface area contributed by atoms with Gasteiger partial charge in [-0.3, -0.25) is 0 Å². The Morgan fingerprint density at radius 1 is 0.962 bits per heavy atom. The van der Waals surface area contributed by atoms with E-state index >= 15 is 0 Å². The van der Waals surface area contributed by atoms with Crippen LogP contribution in [0.25, 0.3) is 0 Å². The van der Waals surface area contributed by atoms with Gasteiger partial charge in [0, 0.05) is 15.8 Å². The number of rotatable bonds is 4. The third-order valence-electron chi connectivity index (χ3n) is 3.39. The Morgan fingerprint density at radius 2 is 1.54 bits per heavy atom. The average Bonchev–Trinajstić information content (AvgIpc) is 2.44. The van der Waals surface area contributed by atoms with Crippen LogP contribution in [0.15, 0.2) is 50.3 Å². The van der Waals surface area contributed by atoms with Crippen molar-refractivity contribution in [2.24, 2.45) is 0 Å². The summed E-state index contributed by atoms with van der Waals surface area (Å²) < 4.78 is 90.7. The number of benzene rings is 1. The van der Waals surface area contributed by atoms with Crippen molar-refractivity contribution in [3.05, 3.63) is 55.8 Å². The predicted octanol–water partition coefficient (Wildman–Crippen LogP) is 8.13. The second-order valence-electron chi connectivity index (χ2n) is 5.35. The van der Waals surface area contributed by atoms with Crippen LogP contribution in [0.3, 0.4) is 0 Å². The number of hydrogen-bond donors (Lipinski definition) is 0. The van der Waals surface area contributed by atoms with E-state index < -0.39 is 38.3 Å².